The van der Waals surface area contributed by atoms with Gasteiger partial charge in [-0.15, -0.1) is 0 Å². The monoisotopic (exact) mass is 298 g/mol. The first-order valence-electron chi connectivity index (χ1n) is 6.45. The fraction of sp³-hybridized carbons (Fsp3) is 0.429. The third-order valence-electron chi connectivity index (χ3n) is 2.92. The van der Waals surface area contributed by atoms with E-state index >= 15 is 0 Å². The Hall–Kier alpha value is -1.75. The zero-order valence-corrected chi connectivity index (χ0v) is 12.6. The van der Waals surface area contributed by atoms with Gasteiger partial charge in [-0.3, -0.25) is 4.79 Å². The van der Waals surface area contributed by atoms with E-state index in [2.05, 4.69) is 0 Å². The number of amides is 1. The molecule has 0 aliphatic rings. The topological polar surface area (TPSA) is 72.6 Å². The molecule has 0 bridgehead atoms. The van der Waals surface area contributed by atoms with Crippen molar-refractivity contribution in [1.82, 2.24) is 4.90 Å². The van der Waals surface area contributed by atoms with Crippen LogP contribution in [0.2, 0.25) is 5.02 Å². The molecule has 0 fully saturated rings. The maximum absolute atomic E-state index is 12.0. The van der Waals surface area contributed by atoms with Gasteiger partial charge in [0.1, 0.15) is 0 Å². The van der Waals surface area contributed by atoms with E-state index in [1.54, 1.807) is 17.9 Å². The number of nitrogens with two attached hydrogens (primary N) is 1. The molecule has 0 heterocycles. The van der Waals surface area contributed by atoms with Crippen molar-refractivity contribution in [3.63, 3.8) is 0 Å². The number of halogens is 1. The number of carbonyl (C=O) groups excluding carboxylic acids is 2. The highest BCUT2D eigenvalue weighted by molar-refractivity contribution is 6.33. The summed E-state index contributed by atoms with van der Waals surface area (Å²) < 4.78 is 5.15. The van der Waals surface area contributed by atoms with E-state index in [1.165, 1.54) is 12.1 Å². The van der Waals surface area contributed by atoms with Gasteiger partial charge in [0.2, 0.25) is 0 Å². The zero-order valence-electron chi connectivity index (χ0n) is 11.9. The SMILES string of the molecule is CCN(CC)C(=O)C(C)OC(=O)c1cc(N)ccc1Cl. The minimum absolute atomic E-state index is 0.158. The second kappa shape index (κ2) is 7.14. The average molecular weight is 299 g/mol. The number of hydrogen-bond acceptors (Lipinski definition) is 4. The van der Waals surface area contributed by atoms with Gasteiger partial charge < -0.3 is 15.4 Å². The van der Waals surface area contributed by atoms with E-state index < -0.39 is 12.1 Å². The molecular formula is C14H19ClN2O3. The smallest absolute Gasteiger partial charge is 0.340 e. The Morgan fingerprint density at radius 1 is 1.35 bits per heavy atom. The van der Waals surface area contributed by atoms with Crippen molar-refractivity contribution in [2.75, 3.05) is 18.8 Å². The van der Waals surface area contributed by atoms with Crippen LogP contribution in [0.15, 0.2) is 18.2 Å². The quantitative estimate of drug-likeness (QED) is 0.669. The van der Waals surface area contributed by atoms with Crippen LogP contribution in [0.3, 0.4) is 0 Å². The molecule has 1 rings (SSSR count). The molecule has 1 aromatic rings. The predicted octanol–water partition coefficient (Wildman–Crippen LogP) is 2.34. The van der Waals surface area contributed by atoms with Crippen LogP contribution >= 0.6 is 11.6 Å². The Labute approximate surface area is 123 Å². The van der Waals surface area contributed by atoms with Gasteiger partial charge in [-0.1, -0.05) is 11.6 Å². The van der Waals surface area contributed by atoms with Crippen molar-refractivity contribution < 1.29 is 14.3 Å². The molecule has 5 nitrogen and oxygen atoms in total. The lowest BCUT2D eigenvalue weighted by atomic mass is 10.2. The summed E-state index contributed by atoms with van der Waals surface area (Å²) in [5.74, 6) is -0.890. The van der Waals surface area contributed by atoms with E-state index in [0.717, 1.165) is 0 Å². The molecule has 1 atom stereocenters. The molecule has 0 radical (unpaired) electrons. The summed E-state index contributed by atoms with van der Waals surface area (Å²) in [5, 5.41) is 0.242. The van der Waals surface area contributed by atoms with Crippen LogP contribution in [-0.2, 0) is 9.53 Å². The fourth-order valence-corrected chi connectivity index (χ4v) is 1.96. The van der Waals surface area contributed by atoms with Gasteiger partial charge in [-0.25, -0.2) is 4.79 Å². The van der Waals surface area contributed by atoms with E-state index in [4.69, 9.17) is 22.1 Å². The van der Waals surface area contributed by atoms with Crippen LogP contribution in [0.1, 0.15) is 31.1 Å². The molecule has 1 aromatic carbocycles. The molecule has 6 heteroatoms. The Morgan fingerprint density at radius 2 is 1.95 bits per heavy atom. The van der Waals surface area contributed by atoms with E-state index in [1.807, 2.05) is 13.8 Å². The molecule has 0 saturated heterocycles. The number of ether oxygens (including phenoxy) is 1. The van der Waals surface area contributed by atoms with Crippen molar-refractivity contribution in [1.29, 1.82) is 0 Å². The maximum atomic E-state index is 12.0. The summed E-state index contributed by atoms with van der Waals surface area (Å²) in [6.07, 6.45) is -0.861. The maximum Gasteiger partial charge on any atom is 0.340 e. The van der Waals surface area contributed by atoms with Crippen LogP contribution in [0.25, 0.3) is 0 Å². The molecule has 0 saturated carbocycles. The number of rotatable bonds is 5. The minimum atomic E-state index is -0.861. The Balaban J connectivity index is 2.80. The summed E-state index contributed by atoms with van der Waals surface area (Å²) in [7, 11) is 0. The lowest BCUT2D eigenvalue weighted by molar-refractivity contribution is -0.139. The van der Waals surface area contributed by atoms with Crippen LogP contribution in [0.4, 0.5) is 5.69 Å². The molecule has 1 unspecified atom stereocenters. The number of carbonyl (C=O) groups is 2. The summed E-state index contributed by atoms with van der Waals surface area (Å²) >= 11 is 5.92. The highest BCUT2D eigenvalue weighted by Crippen LogP contribution is 2.20. The van der Waals surface area contributed by atoms with Crippen LogP contribution in [-0.4, -0.2) is 36.0 Å². The van der Waals surface area contributed by atoms with E-state index in [0.29, 0.717) is 18.8 Å². The second-order valence-electron chi connectivity index (χ2n) is 4.30. The number of likely N-dealkylation sites (N-methyl/N-ethyl adjacent to an activating group) is 1. The molecule has 1 amide bonds. The third kappa shape index (κ3) is 3.87. The minimum Gasteiger partial charge on any atom is -0.449 e. The number of benzene rings is 1. The third-order valence-corrected chi connectivity index (χ3v) is 3.25. The molecule has 2 N–H and O–H groups in total. The normalized spacial score (nSPS) is 11.8. The van der Waals surface area contributed by atoms with Crippen molar-refractivity contribution in [2.45, 2.75) is 26.9 Å². The summed E-state index contributed by atoms with van der Waals surface area (Å²) in [6, 6.07) is 4.53. The molecule has 0 aromatic heterocycles. The first-order valence-corrected chi connectivity index (χ1v) is 6.83. The van der Waals surface area contributed by atoms with Crippen LogP contribution in [0, 0.1) is 0 Å². The van der Waals surface area contributed by atoms with Crippen molar-refractivity contribution in [3.05, 3.63) is 28.8 Å². The number of anilines is 1. The van der Waals surface area contributed by atoms with E-state index in [-0.39, 0.29) is 16.5 Å². The van der Waals surface area contributed by atoms with Gasteiger partial charge in [-0.2, -0.15) is 0 Å². The molecule has 20 heavy (non-hydrogen) atoms. The van der Waals surface area contributed by atoms with Crippen LogP contribution < -0.4 is 5.73 Å². The molecular weight excluding hydrogens is 280 g/mol. The van der Waals surface area contributed by atoms with Crippen molar-refractivity contribution >= 4 is 29.2 Å². The summed E-state index contributed by atoms with van der Waals surface area (Å²) in [4.78, 5) is 25.6. The second-order valence-corrected chi connectivity index (χ2v) is 4.70. The average Bonchev–Trinajstić information content (AvgIpc) is 2.42. The highest BCUT2D eigenvalue weighted by Gasteiger charge is 2.23. The first-order chi connectivity index (χ1) is 9.40. The number of hydrogen-bond donors (Lipinski definition) is 1. The fourth-order valence-electron chi connectivity index (χ4n) is 1.77. The molecule has 0 aliphatic carbocycles. The molecule has 110 valence electrons. The summed E-state index contributed by atoms with van der Waals surface area (Å²) in [6.45, 7) is 6.40. The highest BCUT2D eigenvalue weighted by atomic mass is 35.5. The van der Waals surface area contributed by atoms with Crippen molar-refractivity contribution in [3.8, 4) is 0 Å². The standard InChI is InChI=1S/C14H19ClN2O3/c1-4-17(5-2)13(18)9(3)20-14(19)11-8-10(16)6-7-12(11)15/h6-9H,4-5,16H2,1-3H3. The van der Waals surface area contributed by atoms with Gasteiger partial charge in [0.15, 0.2) is 6.10 Å². The predicted molar refractivity (Wildman–Crippen MR) is 78.7 cm³/mol. The van der Waals surface area contributed by atoms with Gasteiger partial charge >= 0.3 is 5.97 Å². The van der Waals surface area contributed by atoms with Gasteiger partial charge in [-0.05, 0) is 39.0 Å². The van der Waals surface area contributed by atoms with Gasteiger partial charge in [0.05, 0.1) is 10.6 Å². The largest absolute Gasteiger partial charge is 0.449 e. The molecule has 0 spiro atoms. The molecule has 0 aliphatic heterocycles. The zero-order chi connectivity index (χ0) is 15.3. The number of esters is 1. The Kier molecular flexibility index (Phi) is 5.82. The van der Waals surface area contributed by atoms with Gasteiger partial charge in [0.25, 0.3) is 5.91 Å². The number of nitrogen functional groups attached to an aromatic ring is 1. The lowest BCUT2D eigenvalue weighted by Gasteiger charge is -2.22. The van der Waals surface area contributed by atoms with E-state index in [9.17, 15) is 9.59 Å². The summed E-state index contributed by atoms with van der Waals surface area (Å²) in [5.41, 5.74) is 6.17. The Bertz CT molecular complexity index is 501. The number of nitrogens with zero attached hydrogens (tertiary/aromatic N) is 1. The Morgan fingerprint density at radius 3 is 2.50 bits per heavy atom. The van der Waals surface area contributed by atoms with Crippen molar-refractivity contribution in [2.24, 2.45) is 0 Å². The van der Waals surface area contributed by atoms with Crippen LogP contribution in [0.5, 0.6) is 0 Å². The first kappa shape index (κ1) is 16.3. The van der Waals surface area contributed by atoms with Gasteiger partial charge in [0, 0.05) is 18.8 Å². The lowest BCUT2D eigenvalue weighted by Crippen LogP contribution is -2.39.